The predicted molar refractivity (Wildman–Crippen MR) is 70.1 cm³/mol. The molecule has 5 nitrogen and oxygen atoms in total. The van der Waals surface area contributed by atoms with Gasteiger partial charge < -0.3 is 14.8 Å². The van der Waals surface area contributed by atoms with Crippen molar-refractivity contribution in [1.29, 1.82) is 0 Å². The largest absolute Gasteiger partial charge is 0.454 e. The van der Waals surface area contributed by atoms with Crippen molar-refractivity contribution in [2.24, 2.45) is 0 Å². The molecule has 1 saturated heterocycles. The van der Waals surface area contributed by atoms with Gasteiger partial charge in [0.2, 0.25) is 0 Å². The van der Waals surface area contributed by atoms with E-state index < -0.39 is 0 Å². The third-order valence-corrected chi connectivity index (χ3v) is 3.01. The highest BCUT2D eigenvalue weighted by atomic mass is 19.1. The van der Waals surface area contributed by atoms with Crippen molar-refractivity contribution in [3.63, 3.8) is 0 Å². The van der Waals surface area contributed by atoms with Gasteiger partial charge in [-0.2, -0.15) is 0 Å². The van der Waals surface area contributed by atoms with Gasteiger partial charge in [-0.05, 0) is 18.2 Å². The smallest absolute Gasteiger partial charge is 0.163 e. The van der Waals surface area contributed by atoms with Crippen LogP contribution in [0.4, 0.5) is 4.39 Å². The molecule has 0 spiro atoms. The summed E-state index contributed by atoms with van der Waals surface area (Å²) in [5.41, 5.74) is 0.492. The number of hydrogen-bond donors (Lipinski definition) is 1. The summed E-state index contributed by atoms with van der Waals surface area (Å²) >= 11 is 0. The summed E-state index contributed by atoms with van der Waals surface area (Å²) in [6.07, 6.45) is 4.23. The Morgan fingerprint density at radius 1 is 1.25 bits per heavy atom. The molecule has 104 valence electrons. The van der Waals surface area contributed by atoms with Crippen LogP contribution in [-0.4, -0.2) is 29.7 Å². The van der Waals surface area contributed by atoms with Gasteiger partial charge in [-0.1, -0.05) is 0 Å². The molecule has 1 aliphatic heterocycles. The molecule has 1 fully saturated rings. The molecule has 0 bridgehead atoms. The first-order chi connectivity index (χ1) is 9.83. The summed E-state index contributed by atoms with van der Waals surface area (Å²) < 4.78 is 25.1. The first kappa shape index (κ1) is 13.0. The molecule has 0 radical (unpaired) electrons. The van der Waals surface area contributed by atoms with E-state index in [4.69, 9.17) is 9.47 Å². The van der Waals surface area contributed by atoms with Crippen molar-refractivity contribution in [3.05, 3.63) is 48.3 Å². The zero-order chi connectivity index (χ0) is 13.8. The third-order valence-electron chi connectivity index (χ3n) is 3.01. The standard InChI is InChI=1S/C14H14FN3O2/c15-13-2-1-10(20-11-6-17-9-18-7-11)5-12(13)14-8-16-3-4-19-14/h1-2,5-7,9,14,16H,3-4,8H2/t14-/m0/s1. The summed E-state index contributed by atoms with van der Waals surface area (Å²) in [5, 5.41) is 3.18. The first-order valence-corrected chi connectivity index (χ1v) is 6.37. The lowest BCUT2D eigenvalue weighted by Crippen LogP contribution is -2.33. The number of rotatable bonds is 3. The van der Waals surface area contributed by atoms with Crippen molar-refractivity contribution in [1.82, 2.24) is 15.3 Å². The van der Waals surface area contributed by atoms with Gasteiger partial charge >= 0.3 is 0 Å². The summed E-state index contributed by atoms with van der Waals surface area (Å²) in [6, 6.07) is 4.61. The van der Waals surface area contributed by atoms with Crippen LogP contribution in [0.15, 0.2) is 36.9 Å². The average molecular weight is 275 g/mol. The number of hydrogen-bond acceptors (Lipinski definition) is 5. The van der Waals surface area contributed by atoms with Crippen LogP contribution >= 0.6 is 0 Å². The fourth-order valence-corrected chi connectivity index (χ4v) is 2.07. The maximum Gasteiger partial charge on any atom is 0.163 e. The van der Waals surface area contributed by atoms with E-state index in [1.54, 1.807) is 24.5 Å². The highest BCUT2D eigenvalue weighted by Gasteiger charge is 2.20. The Kier molecular flexibility index (Phi) is 3.85. The van der Waals surface area contributed by atoms with Crippen molar-refractivity contribution in [3.8, 4) is 11.5 Å². The molecule has 3 rings (SSSR count). The van der Waals surface area contributed by atoms with E-state index in [9.17, 15) is 4.39 Å². The molecule has 1 aromatic heterocycles. The zero-order valence-corrected chi connectivity index (χ0v) is 10.8. The summed E-state index contributed by atoms with van der Waals surface area (Å²) in [7, 11) is 0. The van der Waals surface area contributed by atoms with Crippen LogP contribution in [0.3, 0.4) is 0 Å². The van der Waals surface area contributed by atoms with Gasteiger partial charge in [0.15, 0.2) is 5.75 Å². The molecular formula is C14H14FN3O2. The minimum absolute atomic E-state index is 0.292. The lowest BCUT2D eigenvalue weighted by molar-refractivity contribution is 0.0254. The molecule has 2 aromatic rings. The van der Waals surface area contributed by atoms with E-state index in [0.29, 0.717) is 30.2 Å². The van der Waals surface area contributed by atoms with Crippen LogP contribution in [-0.2, 0) is 4.74 Å². The fourth-order valence-electron chi connectivity index (χ4n) is 2.07. The maximum absolute atomic E-state index is 13.9. The van der Waals surface area contributed by atoms with Crippen molar-refractivity contribution >= 4 is 0 Å². The lowest BCUT2D eigenvalue weighted by atomic mass is 10.1. The topological polar surface area (TPSA) is 56.3 Å². The Morgan fingerprint density at radius 2 is 2.10 bits per heavy atom. The van der Waals surface area contributed by atoms with Gasteiger partial charge in [0, 0.05) is 18.7 Å². The highest BCUT2D eigenvalue weighted by Crippen LogP contribution is 2.28. The Hall–Kier alpha value is -2.05. The molecule has 0 aliphatic carbocycles. The number of aromatic nitrogens is 2. The molecule has 20 heavy (non-hydrogen) atoms. The molecule has 1 aromatic carbocycles. The number of ether oxygens (including phenoxy) is 2. The molecule has 0 unspecified atom stereocenters. The first-order valence-electron chi connectivity index (χ1n) is 6.37. The van der Waals surface area contributed by atoms with E-state index in [-0.39, 0.29) is 11.9 Å². The van der Waals surface area contributed by atoms with E-state index in [0.717, 1.165) is 6.54 Å². The molecule has 1 aliphatic rings. The van der Waals surface area contributed by atoms with Gasteiger partial charge in [0.25, 0.3) is 0 Å². The van der Waals surface area contributed by atoms with Crippen LogP contribution < -0.4 is 10.1 Å². The van der Waals surface area contributed by atoms with Crippen molar-refractivity contribution in [2.75, 3.05) is 19.7 Å². The van der Waals surface area contributed by atoms with Crippen molar-refractivity contribution in [2.45, 2.75) is 6.10 Å². The Morgan fingerprint density at radius 3 is 2.85 bits per heavy atom. The molecule has 2 heterocycles. The molecular weight excluding hydrogens is 261 g/mol. The Bertz CT molecular complexity index is 574. The number of halogens is 1. The second-order valence-electron chi connectivity index (χ2n) is 4.42. The molecule has 6 heteroatoms. The van der Waals surface area contributed by atoms with E-state index >= 15 is 0 Å². The van der Waals surface area contributed by atoms with Crippen LogP contribution in [0, 0.1) is 5.82 Å². The number of benzene rings is 1. The van der Waals surface area contributed by atoms with Gasteiger partial charge in [-0.15, -0.1) is 0 Å². The predicted octanol–water partition coefficient (Wildman–Crippen LogP) is 2.07. The second kappa shape index (κ2) is 5.94. The van der Waals surface area contributed by atoms with Crippen molar-refractivity contribution < 1.29 is 13.9 Å². The average Bonchev–Trinajstić information content (AvgIpc) is 2.51. The second-order valence-corrected chi connectivity index (χ2v) is 4.42. The molecule has 1 atom stereocenters. The highest BCUT2D eigenvalue weighted by molar-refractivity contribution is 5.34. The Labute approximate surface area is 115 Å². The van der Waals surface area contributed by atoms with Crippen LogP contribution in [0.1, 0.15) is 11.7 Å². The molecule has 1 N–H and O–H groups in total. The van der Waals surface area contributed by atoms with E-state index in [1.165, 1.54) is 12.4 Å². The SMILES string of the molecule is Fc1ccc(Oc2cncnc2)cc1[C@@H]1CNCCO1. The zero-order valence-electron chi connectivity index (χ0n) is 10.8. The van der Waals surface area contributed by atoms with Gasteiger partial charge in [-0.3, -0.25) is 0 Å². The summed E-state index contributed by atoms with van der Waals surface area (Å²) in [4.78, 5) is 7.73. The third kappa shape index (κ3) is 2.92. The Balaban J connectivity index is 1.82. The van der Waals surface area contributed by atoms with Gasteiger partial charge in [0.1, 0.15) is 17.9 Å². The number of nitrogens with one attached hydrogen (secondary N) is 1. The van der Waals surface area contributed by atoms with E-state index in [2.05, 4.69) is 15.3 Å². The van der Waals surface area contributed by atoms with Crippen LogP contribution in [0.5, 0.6) is 11.5 Å². The minimum Gasteiger partial charge on any atom is -0.454 e. The van der Waals surface area contributed by atoms with E-state index in [1.807, 2.05) is 0 Å². The van der Waals surface area contributed by atoms with Crippen LogP contribution in [0.2, 0.25) is 0 Å². The summed E-state index contributed by atoms with van der Waals surface area (Å²) in [5.74, 6) is 0.744. The summed E-state index contributed by atoms with van der Waals surface area (Å²) in [6.45, 7) is 1.95. The lowest BCUT2D eigenvalue weighted by Gasteiger charge is -2.24. The number of morpholine rings is 1. The monoisotopic (exact) mass is 275 g/mol. The quantitative estimate of drug-likeness (QED) is 0.929. The fraction of sp³-hybridized carbons (Fsp3) is 0.286. The normalized spacial score (nSPS) is 18.8. The van der Waals surface area contributed by atoms with Gasteiger partial charge in [0.05, 0.1) is 25.1 Å². The molecule has 0 saturated carbocycles. The number of nitrogens with zero attached hydrogens (tertiary/aromatic N) is 2. The van der Waals surface area contributed by atoms with Crippen LogP contribution in [0.25, 0.3) is 0 Å². The van der Waals surface area contributed by atoms with Gasteiger partial charge in [-0.25, -0.2) is 14.4 Å². The minimum atomic E-state index is -0.296. The maximum atomic E-state index is 13.9. The molecule has 0 amide bonds.